The molecule has 0 aliphatic heterocycles. The van der Waals surface area contributed by atoms with Crippen molar-refractivity contribution < 1.29 is 4.79 Å². The number of nitrogens with zero attached hydrogens (tertiary/aromatic N) is 3. The summed E-state index contributed by atoms with van der Waals surface area (Å²) in [6.07, 6.45) is 1.72. The van der Waals surface area contributed by atoms with Crippen LogP contribution < -0.4 is 4.90 Å². The fraction of sp³-hybridized carbons (Fsp3) is 0.0952. The van der Waals surface area contributed by atoms with E-state index in [4.69, 9.17) is 16.6 Å². The Morgan fingerprint density at radius 3 is 2.70 bits per heavy atom. The van der Waals surface area contributed by atoms with Gasteiger partial charge in [0.2, 0.25) is 0 Å². The number of carbonyl (C=O) groups excluding carboxylic acids is 1. The Balaban J connectivity index is 1.79. The van der Waals surface area contributed by atoms with Crippen LogP contribution in [0.15, 0.2) is 66.9 Å². The zero-order valence-corrected chi connectivity index (χ0v) is 16.2. The third-order valence-corrected chi connectivity index (χ3v) is 5.48. The number of aromatic nitrogens is 2. The quantitative estimate of drug-likeness (QED) is 0.460. The molecule has 4 aromatic rings. The van der Waals surface area contributed by atoms with Gasteiger partial charge < -0.3 is 0 Å². The first-order valence-corrected chi connectivity index (χ1v) is 9.65. The molecule has 4 rings (SSSR count). The molecule has 0 aliphatic rings. The van der Waals surface area contributed by atoms with Gasteiger partial charge >= 0.3 is 0 Å². The van der Waals surface area contributed by atoms with Crippen molar-refractivity contribution in [2.45, 2.75) is 13.5 Å². The van der Waals surface area contributed by atoms with Crippen LogP contribution in [0, 0.1) is 6.92 Å². The molecule has 4 nitrogen and oxygen atoms in total. The molecule has 134 valence electrons. The number of aryl methyl sites for hydroxylation is 1. The molecule has 0 saturated heterocycles. The van der Waals surface area contributed by atoms with Crippen molar-refractivity contribution in [1.82, 2.24) is 9.97 Å². The lowest BCUT2D eigenvalue weighted by atomic mass is 10.2. The molecule has 0 aliphatic carbocycles. The molecule has 0 atom stereocenters. The van der Waals surface area contributed by atoms with E-state index in [-0.39, 0.29) is 5.91 Å². The van der Waals surface area contributed by atoms with E-state index in [1.165, 1.54) is 11.3 Å². The molecular formula is C21H16ClN3OS. The molecule has 2 heterocycles. The monoisotopic (exact) mass is 393 g/mol. The predicted octanol–water partition coefficient (Wildman–Crippen LogP) is 5.50. The summed E-state index contributed by atoms with van der Waals surface area (Å²) in [6, 6.07) is 18.7. The molecule has 0 unspecified atom stereocenters. The summed E-state index contributed by atoms with van der Waals surface area (Å²) in [5.74, 6) is -0.153. The zero-order chi connectivity index (χ0) is 18.8. The number of fused-ring (bicyclic) bond motifs is 1. The molecule has 0 bridgehead atoms. The number of pyridine rings is 1. The van der Waals surface area contributed by atoms with Crippen LogP contribution in [0.2, 0.25) is 5.02 Å². The number of carbonyl (C=O) groups is 1. The SMILES string of the molecule is Cc1cccc2sc(N(Cc3ccccn3)C(=O)c3cccc(Cl)c3)nc12. The van der Waals surface area contributed by atoms with E-state index in [9.17, 15) is 4.79 Å². The van der Waals surface area contributed by atoms with E-state index in [0.717, 1.165) is 21.5 Å². The second-order valence-corrected chi connectivity index (χ2v) is 7.59. The van der Waals surface area contributed by atoms with Gasteiger partial charge in [0.05, 0.1) is 22.5 Å². The lowest BCUT2D eigenvalue weighted by Crippen LogP contribution is -2.30. The molecule has 1 amide bonds. The van der Waals surface area contributed by atoms with Crippen molar-refractivity contribution in [2.75, 3.05) is 4.90 Å². The second kappa shape index (κ2) is 7.47. The number of halogens is 1. The minimum atomic E-state index is -0.153. The standard InChI is InChI=1S/C21H16ClN3OS/c1-14-6-4-10-18-19(14)24-21(27-18)25(13-17-9-2-3-11-23-17)20(26)15-7-5-8-16(22)12-15/h2-12H,13H2,1H3. The van der Waals surface area contributed by atoms with Crippen molar-refractivity contribution in [3.05, 3.63) is 88.7 Å². The van der Waals surface area contributed by atoms with E-state index in [1.54, 1.807) is 35.4 Å². The van der Waals surface area contributed by atoms with Crippen molar-refractivity contribution >= 4 is 44.2 Å². The number of benzene rings is 2. The molecule has 0 radical (unpaired) electrons. The number of amides is 1. The Kier molecular flexibility index (Phi) is 4.88. The van der Waals surface area contributed by atoms with E-state index in [2.05, 4.69) is 4.98 Å². The van der Waals surface area contributed by atoms with Crippen molar-refractivity contribution in [3.63, 3.8) is 0 Å². The molecule has 0 saturated carbocycles. The first-order valence-electron chi connectivity index (χ1n) is 8.45. The van der Waals surface area contributed by atoms with E-state index >= 15 is 0 Å². The summed E-state index contributed by atoms with van der Waals surface area (Å²) in [5, 5.41) is 1.17. The summed E-state index contributed by atoms with van der Waals surface area (Å²) < 4.78 is 1.05. The normalized spacial score (nSPS) is 10.9. The first-order chi connectivity index (χ1) is 13.1. The van der Waals surface area contributed by atoms with Crippen LogP contribution in [0.5, 0.6) is 0 Å². The molecule has 0 fully saturated rings. The van der Waals surface area contributed by atoms with Gasteiger partial charge in [0.15, 0.2) is 5.13 Å². The maximum absolute atomic E-state index is 13.3. The van der Waals surface area contributed by atoms with Crippen molar-refractivity contribution in [2.24, 2.45) is 0 Å². The molecule has 6 heteroatoms. The molecule has 27 heavy (non-hydrogen) atoms. The highest BCUT2D eigenvalue weighted by molar-refractivity contribution is 7.22. The van der Waals surface area contributed by atoms with Crippen LogP contribution in [0.3, 0.4) is 0 Å². The van der Waals surface area contributed by atoms with Crippen molar-refractivity contribution in [3.8, 4) is 0 Å². The minimum absolute atomic E-state index is 0.153. The van der Waals surface area contributed by atoms with Gasteiger partial charge in [0.1, 0.15) is 0 Å². The van der Waals surface area contributed by atoms with Crippen LogP contribution in [0.1, 0.15) is 21.6 Å². The Hall–Kier alpha value is -2.76. The highest BCUT2D eigenvalue weighted by Crippen LogP contribution is 2.32. The van der Waals surface area contributed by atoms with Gasteiger partial charge in [-0.05, 0) is 48.9 Å². The van der Waals surface area contributed by atoms with Crippen LogP contribution >= 0.6 is 22.9 Å². The summed E-state index contributed by atoms with van der Waals surface area (Å²) >= 11 is 7.59. The average Bonchev–Trinajstić information content (AvgIpc) is 3.12. The molecule has 2 aromatic heterocycles. The molecule has 0 N–H and O–H groups in total. The molecular weight excluding hydrogens is 378 g/mol. The smallest absolute Gasteiger partial charge is 0.260 e. The summed E-state index contributed by atoms with van der Waals surface area (Å²) in [4.78, 5) is 24.0. The van der Waals surface area contributed by atoms with Crippen molar-refractivity contribution in [1.29, 1.82) is 0 Å². The summed E-state index contributed by atoms with van der Waals surface area (Å²) in [5.41, 5.74) is 3.32. The number of anilines is 1. The number of rotatable bonds is 4. The van der Waals surface area contributed by atoms with Gasteiger partial charge in [0.25, 0.3) is 5.91 Å². The largest absolute Gasteiger partial charge is 0.278 e. The van der Waals surface area contributed by atoms with E-state index < -0.39 is 0 Å². The van der Waals surface area contributed by atoms with Gasteiger partial charge in [-0.25, -0.2) is 4.98 Å². The maximum atomic E-state index is 13.3. The third kappa shape index (κ3) is 3.70. The third-order valence-electron chi connectivity index (χ3n) is 4.20. The number of thiazole rings is 1. The average molecular weight is 394 g/mol. The van der Waals surface area contributed by atoms with Crippen LogP contribution in [-0.4, -0.2) is 15.9 Å². The number of hydrogen-bond donors (Lipinski definition) is 0. The minimum Gasteiger partial charge on any atom is -0.278 e. The van der Waals surface area contributed by atoms with Crippen LogP contribution in [-0.2, 0) is 6.54 Å². The van der Waals surface area contributed by atoms with Gasteiger partial charge in [-0.3, -0.25) is 14.7 Å². The molecule has 2 aromatic carbocycles. The van der Waals surface area contributed by atoms with Crippen LogP contribution in [0.4, 0.5) is 5.13 Å². The Bertz CT molecular complexity index is 1110. The predicted molar refractivity (Wildman–Crippen MR) is 111 cm³/mol. The summed E-state index contributed by atoms with van der Waals surface area (Å²) in [7, 11) is 0. The number of hydrogen-bond acceptors (Lipinski definition) is 4. The Labute approximate surface area is 166 Å². The van der Waals surface area contributed by atoms with Gasteiger partial charge in [0, 0.05) is 16.8 Å². The first kappa shape index (κ1) is 17.6. The lowest BCUT2D eigenvalue weighted by molar-refractivity contribution is 0.0985. The topological polar surface area (TPSA) is 46.1 Å². The highest BCUT2D eigenvalue weighted by atomic mass is 35.5. The lowest BCUT2D eigenvalue weighted by Gasteiger charge is -2.19. The highest BCUT2D eigenvalue weighted by Gasteiger charge is 2.22. The maximum Gasteiger partial charge on any atom is 0.260 e. The Morgan fingerprint density at radius 2 is 1.96 bits per heavy atom. The van der Waals surface area contributed by atoms with E-state index in [1.807, 2.05) is 43.3 Å². The fourth-order valence-corrected chi connectivity index (χ4v) is 4.08. The van der Waals surface area contributed by atoms with Gasteiger partial charge in [-0.15, -0.1) is 0 Å². The Morgan fingerprint density at radius 1 is 1.11 bits per heavy atom. The van der Waals surface area contributed by atoms with Crippen LogP contribution in [0.25, 0.3) is 10.2 Å². The van der Waals surface area contributed by atoms with Gasteiger partial charge in [-0.2, -0.15) is 0 Å². The van der Waals surface area contributed by atoms with E-state index in [0.29, 0.717) is 22.3 Å². The molecule has 0 spiro atoms. The zero-order valence-electron chi connectivity index (χ0n) is 14.6. The fourth-order valence-electron chi connectivity index (χ4n) is 2.85. The number of para-hydroxylation sites is 1. The van der Waals surface area contributed by atoms with Gasteiger partial charge in [-0.1, -0.05) is 47.2 Å². The summed E-state index contributed by atoms with van der Waals surface area (Å²) in [6.45, 7) is 2.36. The second-order valence-electron chi connectivity index (χ2n) is 6.14.